The summed E-state index contributed by atoms with van der Waals surface area (Å²) >= 11 is 3.44. The molecule has 0 saturated carbocycles. The molecule has 20 heavy (non-hydrogen) atoms. The molecule has 1 aromatic rings. The van der Waals surface area contributed by atoms with Crippen LogP contribution in [-0.2, 0) is 14.9 Å². The Balaban J connectivity index is 2.04. The minimum Gasteiger partial charge on any atom is -0.494 e. The van der Waals surface area contributed by atoms with E-state index in [1.165, 1.54) is 0 Å². The summed E-state index contributed by atoms with van der Waals surface area (Å²) in [5.74, 6) is 0.771. The first kappa shape index (κ1) is 15.3. The van der Waals surface area contributed by atoms with Crippen LogP contribution in [0.2, 0.25) is 0 Å². The summed E-state index contributed by atoms with van der Waals surface area (Å²) in [5.41, 5.74) is 1.79. The van der Waals surface area contributed by atoms with E-state index in [2.05, 4.69) is 21.2 Å². The summed E-state index contributed by atoms with van der Waals surface area (Å²) in [5, 5.41) is 3.59. The number of halogens is 1. The number of hydrogen-bond acceptors (Lipinski definition) is 3. The SMILES string of the molecule is CCOc1ccc(NC(=O)C2CCC(C)O2)cc1CBr. The van der Waals surface area contributed by atoms with Gasteiger partial charge in [-0.3, -0.25) is 4.79 Å². The van der Waals surface area contributed by atoms with Crippen molar-refractivity contribution < 1.29 is 14.3 Å². The van der Waals surface area contributed by atoms with Crippen molar-refractivity contribution in [1.29, 1.82) is 0 Å². The molecule has 2 atom stereocenters. The molecular formula is C15H20BrNO3. The van der Waals surface area contributed by atoms with Crippen LogP contribution >= 0.6 is 15.9 Å². The summed E-state index contributed by atoms with van der Waals surface area (Å²) in [6.45, 7) is 4.57. The van der Waals surface area contributed by atoms with E-state index >= 15 is 0 Å². The van der Waals surface area contributed by atoms with E-state index in [1.54, 1.807) is 0 Å². The van der Waals surface area contributed by atoms with Gasteiger partial charge in [0.2, 0.25) is 0 Å². The maximum absolute atomic E-state index is 12.1. The van der Waals surface area contributed by atoms with E-state index in [4.69, 9.17) is 9.47 Å². The van der Waals surface area contributed by atoms with Crippen molar-refractivity contribution in [2.75, 3.05) is 11.9 Å². The van der Waals surface area contributed by atoms with Crippen molar-refractivity contribution in [2.45, 2.75) is 44.2 Å². The van der Waals surface area contributed by atoms with Crippen LogP contribution in [0.1, 0.15) is 32.3 Å². The molecule has 110 valence electrons. The second kappa shape index (κ2) is 7.09. The predicted octanol–water partition coefficient (Wildman–Crippen LogP) is 3.49. The molecule has 4 nitrogen and oxygen atoms in total. The zero-order chi connectivity index (χ0) is 14.5. The number of hydrogen-bond donors (Lipinski definition) is 1. The van der Waals surface area contributed by atoms with Crippen molar-refractivity contribution in [1.82, 2.24) is 0 Å². The fraction of sp³-hybridized carbons (Fsp3) is 0.533. The van der Waals surface area contributed by atoms with Gasteiger partial charge in [-0.2, -0.15) is 0 Å². The fourth-order valence-corrected chi connectivity index (χ4v) is 2.71. The maximum atomic E-state index is 12.1. The van der Waals surface area contributed by atoms with Gasteiger partial charge in [-0.15, -0.1) is 0 Å². The molecule has 2 rings (SSSR count). The Labute approximate surface area is 128 Å². The third-order valence-corrected chi connectivity index (χ3v) is 3.90. The first-order chi connectivity index (χ1) is 9.63. The first-order valence-electron chi connectivity index (χ1n) is 6.92. The van der Waals surface area contributed by atoms with Crippen molar-refractivity contribution in [3.63, 3.8) is 0 Å². The molecular weight excluding hydrogens is 322 g/mol. The van der Waals surface area contributed by atoms with Gasteiger partial charge in [0.25, 0.3) is 5.91 Å². The lowest BCUT2D eigenvalue weighted by atomic mass is 10.1. The smallest absolute Gasteiger partial charge is 0.253 e. The van der Waals surface area contributed by atoms with Crippen LogP contribution in [-0.4, -0.2) is 24.7 Å². The Hall–Kier alpha value is -1.07. The van der Waals surface area contributed by atoms with E-state index in [9.17, 15) is 4.79 Å². The van der Waals surface area contributed by atoms with Gasteiger partial charge in [-0.1, -0.05) is 15.9 Å². The van der Waals surface area contributed by atoms with Crippen LogP contribution < -0.4 is 10.1 Å². The molecule has 1 N–H and O–H groups in total. The molecule has 1 amide bonds. The molecule has 0 spiro atoms. The molecule has 1 aromatic carbocycles. The number of rotatable bonds is 5. The normalized spacial score (nSPS) is 21.8. The standard InChI is InChI=1S/C15H20BrNO3/c1-3-19-13-7-5-12(8-11(13)9-16)17-15(18)14-6-4-10(2)20-14/h5,7-8,10,14H,3-4,6,9H2,1-2H3,(H,17,18). The zero-order valence-corrected chi connectivity index (χ0v) is 13.4. The summed E-state index contributed by atoms with van der Waals surface area (Å²) in [6.07, 6.45) is 1.57. The van der Waals surface area contributed by atoms with E-state index in [0.29, 0.717) is 11.9 Å². The van der Waals surface area contributed by atoms with Crippen molar-refractivity contribution in [2.24, 2.45) is 0 Å². The first-order valence-corrected chi connectivity index (χ1v) is 8.04. The number of carbonyl (C=O) groups is 1. The maximum Gasteiger partial charge on any atom is 0.253 e. The van der Waals surface area contributed by atoms with Crippen molar-refractivity contribution >= 4 is 27.5 Å². The highest BCUT2D eigenvalue weighted by Crippen LogP contribution is 2.26. The lowest BCUT2D eigenvalue weighted by molar-refractivity contribution is -0.126. The molecule has 1 heterocycles. The number of carbonyl (C=O) groups excluding carboxylic acids is 1. The quantitative estimate of drug-likeness (QED) is 0.834. The topological polar surface area (TPSA) is 47.6 Å². The van der Waals surface area contributed by atoms with E-state index in [-0.39, 0.29) is 18.1 Å². The van der Waals surface area contributed by atoms with E-state index < -0.39 is 0 Å². The number of benzene rings is 1. The molecule has 1 fully saturated rings. The Morgan fingerprint density at radius 1 is 1.50 bits per heavy atom. The molecule has 1 saturated heterocycles. The van der Waals surface area contributed by atoms with Crippen molar-refractivity contribution in [3.8, 4) is 5.75 Å². The largest absolute Gasteiger partial charge is 0.494 e. The van der Waals surface area contributed by atoms with E-state index in [0.717, 1.165) is 29.8 Å². The lowest BCUT2D eigenvalue weighted by Crippen LogP contribution is -2.27. The van der Waals surface area contributed by atoms with Gasteiger partial charge in [0.15, 0.2) is 0 Å². The zero-order valence-electron chi connectivity index (χ0n) is 11.8. The molecule has 0 aliphatic carbocycles. The third kappa shape index (κ3) is 3.73. The molecule has 0 bridgehead atoms. The molecule has 1 aliphatic rings. The van der Waals surface area contributed by atoms with Gasteiger partial charge in [0, 0.05) is 16.6 Å². The van der Waals surface area contributed by atoms with Gasteiger partial charge >= 0.3 is 0 Å². The molecule has 0 aromatic heterocycles. The van der Waals surface area contributed by atoms with Crippen LogP contribution in [0.25, 0.3) is 0 Å². The molecule has 1 aliphatic heterocycles. The summed E-state index contributed by atoms with van der Waals surface area (Å²) in [4.78, 5) is 12.1. The van der Waals surface area contributed by atoms with Gasteiger partial charge in [0.1, 0.15) is 11.9 Å². The van der Waals surface area contributed by atoms with Crippen molar-refractivity contribution in [3.05, 3.63) is 23.8 Å². The van der Waals surface area contributed by atoms with Crippen LogP contribution in [0, 0.1) is 0 Å². The van der Waals surface area contributed by atoms with Gasteiger partial charge in [-0.25, -0.2) is 0 Å². The van der Waals surface area contributed by atoms with Crippen LogP contribution in [0.15, 0.2) is 18.2 Å². The molecule has 0 radical (unpaired) electrons. The van der Waals surface area contributed by atoms with Gasteiger partial charge in [0.05, 0.1) is 12.7 Å². The number of anilines is 1. The monoisotopic (exact) mass is 341 g/mol. The minimum atomic E-state index is -0.330. The number of amides is 1. The Morgan fingerprint density at radius 2 is 2.30 bits per heavy atom. The second-order valence-electron chi connectivity index (χ2n) is 4.89. The van der Waals surface area contributed by atoms with Gasteiger partial charge in [-0.05, 0) is 44.9 Å². The minimum absolute atomic E-state index is 0.0703. The summed E-state index contributed by atoms with van der Waals surface area (Å²) in [6, 6.07) is 5.66. The molecule has 2 unspecified atom stereocenters. The van der Waals surface area contributed by atoms with Crippen LogP contribution in [0.3, 0.4) is 0 Å². The van der Waals surface area contributed by atoms with Gasteiger partial charge < -0.3 is 14.8 Å². The lowest BCUT2D eigenvalue weighted by Gasteiger charge is -2.14. The second-order valence-corrected chi connectivity index (χ2v) is 5.45. The fourth-order valence-electron chi connectivity index (χ4n) is 2.28. The number of ether oxygens (including phenoxy) is 2. The average Bonchev–Trinajstić information content (AvgIpc) is 2.87. The molecule has 5 heteroatoms. The summed E-state index contributed by atoms with van der Waals surface area (Å²) < 4.78 is 11.1. The Morgan fingerprint density at radius 3 is 2.90 bits per heavy atom. The highest BCUT2D eigenvalue weighted by atomic mass is 79.9. The highest BCUT2D eigenvalue weighted by Gasteiger charge is 2.28. The van der Waals surface area contributed by atoms with Crippen LogP contribution in [0.4, 0.5) is 5.69 Å². The Bertz CT molecular complexity index is 478. The highest BCUT2D eigenvalue weighted by molar-refractivity contribution is 9.08. The van der Waals surface area contributed by atoms with Crippen LogP contribution in [0.5, 0.6) is 5.75 Å². The summed E-state index contributed by atoms with van der Waals surface area (Å²) in [7, 11) is 0. The number of alkyl halides is 1. The number of nitrogens with one attached hydrogen (secondary N) is 1. The third-order valence-electron chi connectivity index (χ3n) is 3.30. The average molecular weight is 342 g/mol. The van der Waals surface area contributed by atoms with E-state index in [1.807, 2.05) is 32.0 Å². The Kier molecular flexibility index (Phi) is 5.43. The predicted molar refractivity (Wildman–Crippen MR) is 82.4 cm³/mol.